The molecule has 0 amide bonds. The van der Waals surface area contributed by atoms with E-state index in [9.17, 15) is 35.9 Å². The summed E-state index contributed by atoms with van der Waals surface area (Å²) in [5.74, 6) is -2.84. The molecule has 3 aromatic rings. The van der Waals surface area contributed by atoms with Gasteiger partial charge in [0.25, 0.3) is 0 Å². The van der Waals surface area contributed by atoms with Gasteiger partial charge in [-0.05, 0) is 53.9 Å². The van der Waals surface area contributed by atoms with Gasteiger partial charge in [0.05, 0.1) is 22.3 Å². The molecule has 3 aromatic carbocycles. The maximum Gasteiger partial charge on any atom is 0.416 e. The summed E-state index contributed by atoms with van der Waals surface area (Å²) in [6.45, 7) is 0. The molecule has 1 fully saturated rings. The minimum absolute atomic E-state index is 0.325. The Morgan fingerprint density at radius 2 is 1.03 bits per heavy atom. The number of ether oxygens (including phenoxy) is 2. The van der Waals surface area contributed by atoms with E-state index in [0.717, 1.165) is 35.4 Å². The molecule has 4 atom stereocenters. The highest BCUT2D eigenvalue weighted by Crippen LogP contribution is 2.55. The van der Waals surface area contributed by atoms with Crippen molar-refractivity contribution in [3.8, 4) is 0 Å². The summed E-state index contributed by atoms with van der Waals surface area (Å²) in [6.07, 6.45) is -10.9. The SMILES string of the molecule is O=C(OC1C2CC(c3ccccc32)C1OC(=O)c1cccc(C(F)(F)F)c1)c1cccc(C(F)(F)F)c1. The quantitative estimate of drug-likeness (QED) is 0.282. The van der Waals surface area contributed by atoms with Crippen LogP contribution in [0.15, 0.2) is 72.8 Å². The molecule has 1 saturated carbocycles. The van der Waals surface area contributed by atoms with Crippen molar-refractivity contribution < 1.29 is 45.4 Å². The van der Waals surface area contributed by atoms with Crippen molar-refractivity contribution >= 4 is 11.9 Å². The molecular formula is C27H18F6O4. The number of hydrogen-bond donors (Lipinski definition) is 0. The number of fused-ring (bicyclic) bond motifs is 5. The third-order valence-corrected chi connectivity index (χ3v) is 6.76. The van der Waals surface area contributed by atoms with Gasteiger partial charge in [0, 0.05) is 11.8 Å². The van der Waals surface area contributed by atoms with E-state index in [0.29, 0.717) is 18.6 Å². The molecule has 37 heavy (non-hydrogen) atoms. The first-order valence-electron chi connectivity index (χ1n) is 11.3. The maximum atomic E-state index is 13.1. The van der Waals surface area contributed by atoms with Crippen LogP contribution in [0, 0.1) is 0 Å². The molecule has 192 valence electrons. The van der Waals surface area contributed by atoms with Gasteiger partial charge in [-0.15, -0.1) is 0 Å². The molecule has 4 unspecified atom stereocenters. The largest absolute Gasteiger partial charge is 0.454 e. The van der Waals surface area contributed by atoms with E-state index >= 15 is 0 Å². The lowest BCUT2D eigenvalue weighted by molar-refractivity contribution is -0.138. The number of halogens is 6. The zero-order valence-electron chi connectivity index (χ0n) is 18.8. The molecule has 2 aliphatic carbocycles. The highest BCUT2D eigenvalue weighted by molar-refractivity contribution is 5.91. The molecule has 0 aromatic heterocycles. The lowest BCUT2D eigenvalue weighted by atomic mass is 9.87. The van der Waals surface area contributed by atoms with Crippen LogP contribution in [0.4, 0.5) is 26.3 Å². The third kappa shape index (κ3) is 4.68. The van der Waals surface area contributed by atoms with Crippen LogP contribution in [-0.4, -0.2) is 24.1 Å². The van der Waals surface area contributed by atoms with E-state index in [1.165, 1.54) is 12.1 Å². The van der Waals surface area contributed by atoms with Crippen LogP contribution in [0.5, 0.6) is 0 Å². The molecular weight excluding hydrogens is 502 g/mol. The Hall–Kier alpha value is -3.82. The molecule has 0 aliphatic heterocycles. The fourth-order valence-electron chi connectivity index (χ4n) is 5.12. The van der Waals surface area contributed by atoms with E-state index in [1.807, 2.05) is 12.1 Å². The van der Waals surface area contributed by atoms with Crippen molar-refractivity contribution in [1.82, 2.24) is 0 Å². The van der Waals surface area contributed by atoms with E-state index in [2.05, 4.69) is 0 Å². The van der Waals surface area contributed by atoms with E-state index in [1.54, 1.807) is 12.1 Å². The van der Waals surface area contributed by atoms with Gasteiger partial charge in [0.2, 0.25) is 0 Å². The molecule has 5 rings (SSSR count). The number of benzene rings is 3. The summed E-state index contributed by atoms with van der Waals surface area (Å²) in [4.78, 5) is 25.7. The van der Waals surface area contributed by atoms with Crippen molar-refractivity contribution in [1.29, 1.82) is 0 Å². The number of carbonyl (C=O) groups is 2. The molecule has 2 aliphatic rings. The lowest BCUT2D eigenvalue weighted by Crippen LogP contribution is -2.39. The van der Waals surface area contributed by atoms with Gasteiger partial charge in [-0.25, -0.2) is 9.59 Å². The summed E-state index contributed by atoms with van der Waals surface area (Å²) in [5.41, 5.74) is -0.968. The maximum absolute atomic E-state index is 13.1. The smallest absolute Gasteiger partial charge is 0.416 e. The Labute approximate surface area is 206 Å². The van der Waals surface area contributed by atoms with Crippen molar-refractivity contribution in [3.63, 3.8) is 0 Å². The van der Waals surface area contributed by atoms with Gasteiger partial charge in [-0.2, -0.15) is 26.3 Å². The minimum Gasteiger partial charge on any atom is -0.454 e. The topological polar surface area (TPSA) is 52.6 Å². The Bertz CT molecular complexity index is 1260. The number of alkyl halides is 6. The van der Waals surface area contributed by atoms with Crippen LogP contribution < -0.4 is 0 Å². The fourth-order valence-corrected chi connectivity index (χ4v) is 5.12. The van der Waals surface area contributed by atoms with Gasteiger partial charge in [0.1, 0.15) is 12.2 Å². The Morgan fingerprint density at radius 1 is 0.622 bits per heavy atom. The zero-order valence-corrected chi connectivity index (χ0v) is 18.8. The predicted octanol–water partition coefficient (Wildman–Crippen LogP) is 6.76. The molecule has 0 N–H and O–H groups in total. The summed E-state index contributed by atoms with van der Waals surface area (Å²) >= 11 is 0. The first-order valence-corrected chi connectivity index (χ1v) is 11.3. The Balaban J connectivity index is 1.43. The van der Waals surface area contributed by atoms with Gasteiger partial charge >= 0.3 is 24.3 Å². The predicted molar refractivity (Wildman–Crippen MR) is 118 cm³/mol. The van der Waals surface area contributed by atoms with E-state index < -0.39 is 59.5 Å². The molecule has 0 heterocycles. The number of esters is 2. The standard InChI is InChI=1S/C27H18F6O4/c28-26(29,30)16-7-3-5-14(11-16)24(34)36-22-20-13-21(19-10-2-1-9-18(19)20)23(22)37-25(35)15-6-4-8-17(12-15)27(31,32)33/h1-12,20-23H,13H2. The summed E-state index contributed by atoms with van der Waals surface area (Å²) in [7, 11) is 0. The number of hydrogen-bond acceptors (Lipinski definition) is 4. The van der Waals surface area contributed by atoms with Crippen LogP contribution >= 0.6 is 0 Å². The first kappa shape index (κ1) is 24.9. The van der Waals surface area contributed by atoms with Crippen LogP contribution in [0.3, 0.4) is 0 Å². The number of carbonyl (C=O) groups excluding carboxylic acids is 2. The average Bonchev–Trinajstić information content (AvgIpc) is 3.40. The van der Waals surface area contributed by atoms with Crippen LogP contribution in [-0.2, 0) is 21.8 Å². The van der Waals surface area contributed by atoms with Crippen molar-refractivity contribution in [2.45, 2.75) is 42.8 Å². The van der Waals surface area contributed by atoms with Crippen molar-refractivity contribution in [2.24, 2.45) is 0 Å². The molecule has 0 saturated heterocycles. The van der Waals surface area contributed by atoms with Crippen LogP contribution in [0.25, 0.3) is 0 Å². The van der Waals surface area contributed by atoms with Gasteiger partial charge in [0.15, 0.2) is 0 Å². The molecule has 0 radical (unpaired) electrons. The highest BCUT2D eigenvalue weighted by atomic mass is 19.4. The monoisotopic (exact) mass is 520 g/mol. The average molecular weight is 520 g/mol. The second kappa shape index (κ2) is 8.93. The van der Waals surface area contributed by atoms with Crippen LogP contribution in [0.2, 0.25) is 0 Å². The Kier molecular flexibility index (Phi) is 6.00. The first-order chi connectivity index (χ1) is 17.4. The summed E-state index contributed by atoms with van der Waals surface area (Å²) in [5, 5.41) is 0. The number of rotatable bonds is 4. The van der Waals surface area contributed by atoms with Crippen LogP contribution in [0.1, 0.15) is 61.2 Å². The lowest BCUT2D eigenvalue weighted by Gasteiger charge is -2.32. The van der Waals surface area contributed by atoms with Crippen molar-refractivity contribution in [3.05, 3.63) is 106 Å². The second-order valence-corrected chi connectivity index (χ2v) is 8.97. The molecule has 4 nitrogen and oxygen atoms in total. The van der Waals surface area contributed by atoms with Gasteiger partial charge < -0.3 is 9.47 Å². The van der Waals surface area contributed by atoms with Gasteiger partial charge in [-0.3, -0.25) is 0 Å². The molecule has 10 heteroatoms. The van der Waals surface area contributed by atoms with Gasteiger partial charge in [-0.1, -0.05) is 36.4 Å². The zero-order chi connectivity index (χ0) is 26.5. The summed E-state index contributed by atoms with van der Waals surface area (Å²) < 4.78 is 89.9. The fraction of sp³-hybridized carbons (Fsp3) is 0.259. The second-order valence-electron chi connectivity index (χ2n) is 8.97. The summed E-state index contributed by atoms with van der Waals surface area (Å²) in [6, 6.07) is 14.8. The normalized spacial score (nSPS) is 22.4. The Morgan fingerprint density at radius 3 is 1.41 bits per heavy atom. The molecule has 2 bridgehead atoms. The van der Waals surface area contributed by atoms with Crippen molar-refractivity contribution in [2.75, 3.05) is 0 Å². The third-order valence-electron chi connectivity index (χ3n) is 6.76. The van der Waals surface area contributed by atoms with E-state index in [4.69, 9.17) is 9.47 Å². The molecule has 0 spiro atoms. The van der Waals surface area contributed by atoms with E-state index in [-0.39, 0.29) is 11.1 Å². The highest BCUT2D eigenvalue weighted by Gasteiger charge is 2.55. The minimum atomic E-state index is -4.66.